The maximum Gasteiger partial charge on any atom is 0.307 e. The average Bonchev–Trinajstić information content (AvgIpc) is 3.02. The van der Waals surface area contributed by atoms with Gasteiger partial charge in [-0.3, -0.25) is 9.69 Å². The van der Waals surface area contributed by atoms with Crippen LogP contribution in [0.2, 0.25) is 5.02 Å². The lowest BCUT2D eigenvalue weighted by molar-refractivity contribution is -0.145. The second kappa shape index (κ2) is 7.37. The van der Waals surface area contributed by atoms with Crippen LogP contribution in [0.3, 0.4) is 0 Å². The van der Waals surface area contributed by atoms with Crippen molar-refractivity contribution in [2.45, 2.75) is 33.7 Å². The maximum absolute atomic E-state index is 11.6. The molecule has 0 aliphatic carbocycles. The van der Waals surface area contributed by atoms with Crippen LogP contribution >= 0.6 is 11.6 Å². The monoisotopic (exact) mass is 376 g/mol. The molecule has 1 saturated heterocycles. The number of nitrogens with zero attached hydrogens (tertiary/aromatic N) is 4. The zero-order valence-corrected chi connectivity index (χ0v) is 16.1. The van der Waals surface area contributed by atoms with Gasteiger partial charge in [0.15, 0.2) is 0 Å². The molecule has 1 N–H and O–H groups in total. The predicted octanol–water partition coefficient (Wildman–Crippen LogP) is 3.49. The number of benzene rings is 1. The molecule has 6 nitrogen and oxygen atoms in total. The lowest BCUT2D eigenvalue weighted by Crippen LogP contribution is -2.46. The van der Waals surface area contributed by atoms with E-state index in [1.165, 1.54) is 0 Å². The number of hydrogen-bond acceptors (Lipinski definition) is 4. The molecule has 0 radical (unpaired) electrons. The van der Waals surface area contributed by atoms with Crippen molar-refractivity contribution in [1.29, 1.82) is 0 Å². The quantitative estimate of drug-likeness (QED) is 0.884. The summed E-state index contributed by atoms with van der Waals surface area (Å²) in [5, 5.41) is 18.6. The Morgan fingerprint density at radius 2 is 2.12 bits per heavy atom. The van der Waals surface area contributed by atoms with Gasteiger partial charge in [0.1, 0.15) is 0 Å². The van der Waals surface area contributed by atoms with Gasteiger partial charge in [0, 0.05) is 24.7 Å². The van der Waals surface area contributed by atoms with Crippen molar-refractivity contribution in [3.05, 3.63) is 41.2 Å². The molecule has 26 heavy (non-hydrogen) atoms. The highest BCUT2D eigenvalue weighted by Crippen LogP contribution is 2.36. The molecular formula is C19H25ClN4O2. The molecule has 2 aromatic rings. The largest absolute Gasteiger partial charge is 0.481 e. The van der Waals surface area contributed by atoms with E-state index in [0.717, 1.165) is 24.3 Å². The number of aromatic nitrogens is 3. The third-order valence-electron chi connectivity index (χ3n) is 5.10. The second-order valence-corrected chi connectivity index (χ2v) is 8.60. The van der Waals surface area contributed by atoms with E-state index in [1.54, 1.807) is 4.68 Å². The van der Waals surface area contributed by atoms with Gasteiger partial charge >= 0.3 is 5.97 Å². The first-order valence-corrected chi connectivity index (χ1v) is 9.22. The molecule has 2 atom stereocenters. The molecule has 7 heteroatoms. The number of hydrogen-bond donors (Lipinski definition) is 1. The molecule has 1 aromatic heterocycles. The Kier molecular flexibility index (Phi) is 5.34. The van der Waals surface area contributed by atoms with Gasteiger partial charge in [-0.2, -0.15) is 0 Å². The van der Waals surface area contributed by atoms with E-state index in [4.69, 9.17) is 11.6 Å². The number of carbonyl (C=O) groups is 1. The first-order chi connectivity index (χ1) is 12.2. The van der Waals surface area contributed by atoms with Crippen molar-refractivity contribution in [2.75, 3.05) is 13.1 Å². The molecule has 1 fully saturated rings. The van der Waals surface area contributed by atoms with Gasteiger partial charge in [-0.25, -0.2) is 4.68 Å². The fourth-order valence-corrected chi connectivity index (χ4v) is 3.66. The van der Waals surface area contributed by atoms with Gasteiger partial charge in [-0.15, -0.1) is 5.10 Å². The number of halogens is 1. The smallest absolute Gasteiger partial charge is 0.307 e. The molecule has 0 amide bonds. The van der Waals surface area contributed by atoms with E-state index >= 15 is 0 Å². The van der Waals surface area contributed by atoms with Crippen molar-refractivity contribution in [2.24, 2.45) is 17.3 Å². The van der Waals surface area contributed by atoms with E-state index in [2.05, 4.69) is 36.0 Å². The van der Waals surface area contributed by atoms with E-state index in [1.807, 2.05) is 30.5 Å². The summed E-state index contributed by atoms with van der Waals surface area (Å²) in [6.07, 6.45) is 2.60. The Balaban J connectivity index is 1.74. The summed E-state index contributed by atoms with van der Waals surface area (Å²) < 4.78 is 1.70. The van der Waals surface area contributed by atoms with Crippen LogP contribution in [0.4, 0.5) is 0 Å². The summed E-state index contributed by atoms with van der Waals surface area (Å²) in [5.74, 6) is -0.720. The van der Waals surface area contributed by atoms with Crippen molar-refractivity contribution in [3.63, 3.8) is 0 Å². The highest BCUT2D eigenvalue weighted by Gasteiger charge is 2.37. The molecule has 1 aliphatic rings. The molecule has 0 saturated carbocycles. The minimum atomic E-state index is -0.716. The second-order valence-electron chi connectivity index (χ2n) is 8.16. The average molecular weight is 377 g/mol. The molecule has 1 aliphatic heterocycles. The fraction of sp³-hybridized carbons (Fsp3) is 0.526. The van der Waals surface area contributed by atoms with Crippen LogP contribution in [0.25, 0.3) is 5.69 Å². The van der Waals surface area contributed by atoms with Gasteiger partial charge in [-0.05, 0) is 36.0 Å². The van der Waals surface area contributed by atoms with Crippen LogP contribution < -0.4 is 0 Å². The number of rotatable bonds is 4. The lowest BCUT2D eigenvalue weighted by Gasteiger charge is -2.42. The van der Waals surface area contributed by atoms with Gasteiger partial charge in [0.2, 0.25) is 0 Å². The molecule has 1 aromatic carbocycles. The number of carboxylic acids is 1. The van der Waals surface area contributed by atoms with E-state index in [9.17, 15) is 9.90 Å². The predicted molar refractivity (Wildman–Crippen MR) is 100 cm³/mol. The minimum Gasteiger partial charge on any atom is -0.481 e. The molecule has 2 heterocycles. The zero-order valence-electron chi connectivity index (χ0n) is 15.4. The molecule has 140 valence electrons. The van der Waals surface area contributed by atoms with Crippen LogP contribution in [0.1, 0.15) is 32.9 Å². The van der Waals surface area contributed by atoms with E-state index in [-0.39, 0.29) is 11.3 Å². The van der Waals surface area contributed by atoms with E-state index in [0.29, 0.717) is 24.0 Å². The maximum atomic E-state index is 11.6. The number of piperidine rings is 1. The Bertz CT molecular complexity index is 784. The van der Waals surface area contributed by atoms with Crippen LogP contribution in [-0.2, 0) is 11.3 Å². The van der Waals surface area contributed by atoms with Crippen molar-refractivity contribution in [1.82, 2.24) is 19.9 Å². The summed E-state index contributed by atoms with van der Waals surface area (Å²) in [6.45, 7) is 8.54. The van der Waals surface area contributed by atoms with Gasteiger partial charge < -0.3 is 5.11 Å². The topological polar surface area (TPSA) is 71.2 Å². The molecule has 3 rings (SSSR count). The van der Waals surface area contributed by atoms with Crippen molar-refractivity contribution < 1.29 is 9.90 Å². The molecule has 0 spiro atoms. The molecule has 2 unspecified atom stereocenters. The standard InChI is InChI=1S/C19H25ClN4O2/c1-19(2,3)14-7-13(18(25)26)9-23(10-14)11-16-12-24(22-21-16)17-6-4-5-15(20)8-17/h4-6,8,12-14H,7,9-11H2,1-3H3,(H,25,26). The third kappa shape index (κ3) is 4.43. The molecular weight excluding hydrogens is 352 g/mol. The summed E-state index contributed by atoms with van der Waals surface area (Å²) >= 11 is 6.04. The SMILES string of the molecule is CC(C)(C)C1CC(C(=O)O)CN(Cc2cn(-c3cccc(Cl)c3)nn2)C1. The summed E-state index contributed by atoms with van der Waals surface area (Å²) in [4.78, 5) is 13.8. The summed E-state index contributed by atoms with van der Waals surface area (Å²) in [6, 6.07) is 7.43. The highest BCUT2D eigenvalue weighted by atomic mass is 35.5. The first-order valence-electron chi connectivity index (χ1n) is 8.84. The van der Waals surface area contributed by atoms with Crippen LogP contribution in [0, 0.1) is 17.3 Å². The lowest BCUT2D eigenvalue weighted by atomic mass is 9.73. The fourth-order valence-electron chi connectivity index (χ4n) is 3.47. The van der Waals surface area contributed by atoms with Crippen LogP contribution in [0.5, 0.6) is 0 Å². The first kappa shape index (κ1) is 18.9. The third-order valence-corrected chi connectivity index (χ3v) is 5.33. The Labute approximate surface area is 158 Å². The minimum absolute atomic E-state index is 0.0742. The van der Waals surface area contributed by atoms with Crippen molar-refractivity contribution >= 4 is 17.6 Å². The number of aliphatic carboxylic acids is 1. The molecule has 0 bridgehead atoms. The van der Waals surface area contributed by atoms with Crippen LogP contribution in [0.15, 0.2) is 30.5 Å². The Morgan fingerprint density at radius 3 is 2.77 bits per heavy atom. The van der Waals surface area contributed by atoms with Gasteiger partial charge in [0.05, 0.1) is 23.5 Å². The summed E-state index contributed by atoms with van der Waals surface area (Å²) in [7, 11) is 0. The number of likely N-dealkylation sites (tertiary alicyclic amines) is 1. The summed E-state index contributed by atoms with van der Waals surface area (Å²) in [5.41, 5.74) is 1.75. The highest BCUT2D eigenvalue weighted by molar-refractivity contribution is 6.30. The number of carboxylic acid groups (broad SMARTS) is 1. The Hall–Kier alpha value is -1.92. The normalized spacial score (nSPS) is 21.7. The zero-order chi connectivity index (χ0) is 18.9. The van der Waals surface area contributed by atoms with Crippen LogP contribution in [-0.4, -0.2) is 44.1 Å². The van der Waals surface area contributed by atoms with Gasteiger partial charge in [0.25, 0.3) is 0 Å². The van der Waals surface area contributed by atoms with Gasteiger partial charge in [-0.1, -0.05) is 43.7 Å². The van der Waals surface area contributed by atoms with Crippen molar-refractivity contribution in [3.8, 4) is 5.69 Å². The Morgan fingerprint density at radius 1 is 1.35 bits per heavy atom. The van der Waals surface area contributed by atoms with E-state index < -0.39 is 5.97 Å².